The molecule has 0 heterocycles. The highest BCUT2D eigenvalue weighted by Crippen LogP contribution is 2.17. The second kappa shape index (κ2) is 12.9. The fourth-order valence-electron chi connectivity index (χ4n) is 2.85. The Morgan fingerprint density at radius 3 is 2.43 bits per heavy atom. The number of carbonyl (C=O) groups is 1. The molecule has 1 amide bonds. The van der Waals surface area contributed by atoms with Crippen LogP contribution in [-0.4, -0.2) is 23.7 Å². The van der Waals surface area contributed by atoms with Gasteiger partial charge in [-0.1, -0.05) is 38.7 Å². The van der Waals surface area contributed by atoms with Crippen molar-refractivity contribution in [3.63, 3.8) is 0 Å². The van der Waals surface area contributed by atoms with E-state index in [0.717, 1.165) is 24.5 Å². The Bertz CT molecular complexity index is 806. The number of hydrogen-bond donors (Lipinski definition) is 2. The van der Waals surface area contributed by atoms with Crippen LogP contribution in [0.3, 0.4) is 0 Å². The van der Waals surface area contributed by atoms with E-state index in [-0.39, 0.29) is 17.1 Å². The fourth-order valence-corrected chi connectivity index (χ4v) is 3.06. The number of unbranched alkanes of at least 4 members (excludes halogenated alkanes) is 4. The lowest BCUT2D eigenvalue weighted by atomic mass is 10.2. The van der Waals surface area contributed by atoms with E-state index in [0.29, 0.717) is 11.3 Å². The van der Waals surface area contributed by atoms with Gasteiger partial charge in [0.25, 0.3) is 5.91 Å². The van der Waals surface area contributed by atoms with Crippen LogP contribution in [0.2, 0.25) is 0 Å². The molecule has 0 aliphatic heterocycles. The second-order valence-corrected chi connectivity index (χ2v) is 7.80. The van der Waals surface area contributed by atoms with Crippen molar-refractivity contribution in [1.82, 2.24) is 5.32 Å². The van der Waals surface area contributed by atoms with Gasteiger partial charge in [0, 0.05) is 11.3 Å². The molecular weight excluding hydrogens is 396 g/mol. The molecule has 30 heavy (non-hydrogen) atoms. The lowest BCUT2D eigenvalue weighted by Gasteiger charge is -2.12. The monoisotopic (exact) mass is 428 g/mol. The summed E-state index contributed by atoms with van der Waals surface area (Å²) in [4.78, 5) is 12.4. The second-order valence-electron chi connectivity index (χ2n) is 7.39. The van der Waals surface area contributed by atoms with E-state index >= 15 is 0 Å². The Morgan fingerprint density at radius 2 is 1.73 bits per heavy atom. The zero-order valence-corrected chi connectivity index (χ0v) is 18.9. The number of amides is 1. The van der Waals surface area contributed by atoms with Gasteiger partial charge in [-0.25, -0.2) is 0 Å². The van der Waals surface area contributed by atoms with Crippen LogP contribution in [0.15, 0.2) is 48.5 Å². The van der Waals surface area contributed by atoms with E-state index in [9.17, 15) is 4.79 Å². The van der Waals surface area contributed by atoms with Gasteiger partial charge in [-0.15, -0.1) is 0 Å². The maximum atomic E-state index is 12.4. The van der Waals surface area contributed by atoms with Crippen molar-refractivity contribution in [2.24, 2.45) is 0 Å². The van der Waals surface area contributed by atoms with Crippen molar-refractivity contribution in [3.05, 3.63) is 54.1 Å². The first-order valence-electron chi connectivity index (χ1n) is 10.6. The first kappa shape index (κ1) is 23.7. The number of benzene rings is 2. The molecule has 6 heteroatoms. The minimum atomic E-state index is -0.287. The molecule has 2 aromatic carbocycles. The topological polar surface area (TPSA) is 59.6 Å². The van der Waals surface area contributed by atoms with Gasteiger partial charge in [0.05, 0.1) is 12.7 Å². The molecule has 0 fully saturated rings. The smallest absolute Gasteiger partial charge is 0.257 e. The van der Waals surface area contributed by atoms with Gasteiger partial charge in [0.15, 0.2) is 5.11 Å². The minimum Gasteiger partial charge on any atom is -0.494 e. The summed E-state index contributed by atoms with van der Waals surface area (Å²) < 4.78 is 11.4. The highest BCUT2D eigenvalue weighted by Gasteiger charge is 2.10. The third-order valence-electron chi connectivity index (χ3n) is 4.32. The predicted molar refractivity (Wildman–Crippen MR) is 127 cm³/mol. The maximum absolute atomic E-state index is 12.4. The van der Waals surface area contributed by atoms with Crippen molar-refractivity contribution in [1.29, 1.82) is 0 Å². The highest BCUT2D eigenvalue weighted by molar-refractivity contribution is 7.80. The van der Waals surface area contributed by atoms with E-state index in [4.69, 9.17) is 21.7 Å². The molecule has 0 spiro atoms. The molecular formula is C24H32N2O3S. The highest BCUT2D eigenvalue weighted by atomic mass is 32.1. The van der Waals surface area contributed by atoms with E-state index < -0.39 is 0 Å². The first-order chi connectivity index (χ1) is 14.5. The molecule has 2 N–H and O–H groups in total. The molecule has 0 aromatic heterocycles. The summed E-state index contributed by atoms with van der Waals surface area (Å²) in [5.41, 5.74) is 1.27. The number of thiocarbonyl (C=S) groups is 1. The van der Waals surface area contributed by atoms with Gasteiger partial charge in [-0.3, -0.25) is 10.1 Å². The minimum absolute atomic E-state index is 0.0408. The summed E-state index contributed by atoms with van der Waals surface area (Å²) in [6.07, 6.45) is 6.11. The number of hydrogen-bond acceptors (Lipinski definition) is 4. The van der Waals surface area contributed by atoms with Crippen molar-refractivity contribution in [2.45, 2.75) is 59.0 Å². The van der Waals surface area contributed by atoms with Gasteiger partial charge < -0.3 is 14.8 Å². The molecule has 5 nitrogen and oxygen atoms in total. The molecule has 162 valence electrons. The Morgan fingerprint density at radius 1 is 1.00 bits per heavy atom. The SMILES string of the molecule is CCCCCCCOc1ccc(NC(=S)NC(=O)c2cccc(OC(C)C)c2)cc1. The lowest BCUT2D eigenvalue weighted by molar-refractivity contribution is 0.0977. The summed E-state index contributed by atoms with van der Waals surface area (Å²) in [6.45, 7) is 6.82. The van der Waals surface area contributed by atoms with Crippen LogP contribution >= 0.6 is 12.2 Å². The van der Waals surface area contributed by atoms with E-state index in [1.807, 2.05) is 44.2 Å². The molecule has 0 saturated heterocycles. The Hall–Kier alpha value is -2.60. The lowest BCUT2D eigenvalue weighted by Crippen LogP contribution is -2.34. The number of ether oxygens (including phenoxy) is 2. The third-order valence-corrected chi connectivity index (χ3v) is 4.53. The quantitative estimate of drug-likeness (QED) is 0.342. The molecule has 0 saturated carbocycles. The summed E-state index contributed by atoms with van der Waals surface area (Å²) >= 11 is 5.26. The van der Waals surface area contributed by atoms with E-state index in [1.165, 1.54) is 25.7 Å². The van der Waals surface area contributed by atoms with Crippen molar-refractivity contribution in [2.75, 3.05) is 11.9 Å². The van der Waals surface area contributed by atoms with Crippen LogP contribution in [0, 0.1) is 0 Å². The average molecular weight is 429 g/mol. The van der Waals surface area contributed by atoms with E-state index in [1.54, 1.807) is 18.2 Å². The number of nitrogens with one attached hydrogen (secondary N) is 2. The number of rotatable bonds is 11. The molecule has 0 aliphatic rings. The van der Waals surface area contributed by atoms with Gasteiger partial charge in [0.2, 0.25) is 0 Å². The first-order valence-corrected chi connectivity index (χ1v) is 11.0. The van der Waals surface area contributed by atoms with Crippen LogP contribution in [0.5, 0.6) is 11.5 Å². The van der Waals surface area contributed by atoms with Gasteiger partial charge in [-0.05, 0) is 75.0 Å². The average Bonchev–Trinajstić information content (AvgIpc) is 2.71. The van der Waals surface area contributed by atoms with Gasteiger partial charge in [0.1, 0.15) is 11.5 Å². The molecule has 2 aromatic rings. The van der Waals surface area contributed by atoms with Gasteiger partial charge in [-0.2, -0.15) is 0 Å². The molecule has 0 bridgehead atoms. The van der Waals surface area contributed by atoms with Crippen LogP contribution in [0.1, 0.15) is 63.2 Å². The van der Waals surface area contributed by atoms with Crippen molar-refractivity contribution < 1.29 is 14.3 Å². The summed E-state index contributed by atoms with van der Waals surface area (Å²) in [5.74, 6) is 1.19. The van der Waals surface area contributed by atoms with Gasteiger partial charge >= 0.3 is 0 Å². The maximum Gasteiger partial charge on any atom is 0.257 e. The summed E-state index contributed by atoms with van der Waals surface area (Å²) in [6, 6.07) is 14.6. The normalized spacial score (nSPS) is 10.5. The van der Waals surface area contributed by atoms with E-state index in [2.05, 4.69) is 17.6 Å². The van der Waals surface area contributed by atoms with Crippen molar-refractivity contribution in [3.8, 4) is 11.5 Å². The van der Waals surface area contributed by atoms with Crippen LogP contribution in [0.4, 0.5) is 5.69 Å². The zero-order valence-electron chi connectivity index (χ0n) is 18.1. The summed E-state index contributed by atoms with van der Waals surface area (Å²) in [7, 11) is 0. The Kier molecular flexibility index (Phi) is 10.1. The molecule has 0 radical (unpaired) electrons. The number of carbonyl (C=O) groups excluding carboxylic acids is 1. The largest absolute Gasteiger partial charge is 0.494 e. The fraction of sp³-hybridized carbons (Fsp3) is 0.417. The van der Waals surface area contributed by atoms with Crippen LogP contribution in [0.25, 0.3) is 0 Å². The molecule has 0 aliphatic carbocycles. The standard InChI is InChI=1S/C24H32N2O3S/c1-4-5-6-7-8-16-28-21-14-12-20(13-15-21)25-24(30)26-23(27)19-10-9-11-22(17-19)29-18(2)3/h9-15,17-18H,4-8,16H2,1-3H3,(H2,25,26,27,30). The molecule has 2 rings (SSSR count). The Labute approximate surface area is 185 Å². The number of anilines is 1. The third kappa shape index (κ3) is 8.82. The van der Waals surface area contributed by atoms with Crippen LogP contribution in [-0.2, 0) is 0 Å². The molecule has 0 atom stereocenters. The molecule has 0 unspecified atom stereocenters. The van der Waals surface area contributed by atoms with Crippen LogP contribution < -0.4 is 20.1 Å². The zero-order chi connectivity index (χ0) is 21.8. The summed E-state index contributed by atoms with van der Waals surface area (Å²) in [5, 5.41) is 5.95. The van der Waals surface area contributed by atoms with Crippen molar-refractivity contribution >= 4 is 28.9 Å². The predicted octanol–water partition coefficient (Wildman–Crippen LogP) is 5.95. The Balaban J connectivity index is 1.78.